The highest BCUT2D eigenvalue weighted by Crippen LogP contribution is 2.11. The number of aromatic carboxylic acids is 1. The van der Waals surface area contributed by atoms with E-state index in [1.807, 2.05) is 0 Å². The maximum absolute atomic E-state index is 10.8. The van der Waals surface area contributed by atoms with Crippen LogP contribution in [0.4, 0.5) is 5.69 Å². The van der Waals surface area contributed by atoms with Crippen molar-refractivity contribution in [1.82, 2.24) is 5.32 Å². The molecule has 0 saturated carbocycles. The summed E-state index contributed by atoms with van der Waals surface area (Å²) in [5, 5.41) is 15.0. The lowest BCUT2D eigenvalue weighted by molar-refractivity contribution is -0.118. The molecule has 0 aliphatic heterocycles. The number of unbranched alkanes of at least 4 members (excludes halogenated alkanes) is 10. The molecule has 1 aromatic carbocycles. The van der Waals surface area contributed by atoms with Crippen LogP contribution in [0.1, 0.15) is 94.3 Å². The molecule has 0 saturated heterocycles. The van der Waals surface area contributed by atoms with Gasteiger partial charge < -0.3 is 15.7 Å². The van der Waals surface area contributed by atoms with E-state index in [-0.39, 0.29) is 5.91 Å². The number of anilines is 1. The Balaban J connectivity index is 1.85. The fraction of sp³-hybridized carbons (Fsp3) is 0.600. The zero-order chi connectivity index (χ0) is 21.9. The minimum atomic E-state index is -0.900. The number of nitrogens with one attached hydrogen (secondary N) is 2. The Hall–Kier alpha value is -2.48. The van der Waals surface area contributed by atoms with Crippen LogP contribution < -0.4 is 10.6 Å². The van der Waals surface area contributed by atoms with Crippen molar-refractivity contribution in [1.29, 1.82) is 0 Å². The molecule has 0 fully saturated rings. The molecule has 3 N–H and O–H groups in total. The fourth-order valence-corrected chi connectivity index (χ4v) is 3.16. The monoisotopic (exact) mass is 414 g/mol. The van der Waals surface area contributed by atoms with Gasteiger partial charge in [-0.1, -0.05) is 44.9 Å². The SMILES string of the molecule is CC(=O)NCCCCCCCCCCCC#CCCCNc1ccc(C(=O)O)cc1. The van der Waals surface area contributed by atoms with Gasteiger partial charge in [0.1, 0.15) is 0 Å². The number of carboxylic acids is 1. The van der Waals surface area contributed by atoms with Crippen molar-refractivity contribution >= 4 is 17.6 Å². The van der Waals surface area contributed by atoms with Gasteiger partial charge in [-0.2, -0.15) is 0 Å². The molecule has 0 aliphatic rings. The average molecular weight is 415 g/mol. The summed E-state index contributed by atoms with van der Waals surface area (Å²) in [5.74, 6) is 5.68. The summed E-state index contributed by atoms with van der Waals surface area (Å²) in [6, 6.07) is 6.81. The molecule has 0 aliphatic carbocycles. The number of hydrogen-bond acceptors (Lipinski definition) is 3. The van der Waals surface area contributed by atoms with Crippen LogP contribution in [0.25, 0.3) is 0 Å². The maximum Gasteiger partial charge on any atom is 0.335 e. The fourth-order valence-electron chi connectivity index (χ4n) is 3.16. The molecular formula is C25H38N2O3. The Labute approximate surface area is 182 Å². The summed E-state index contributed by atoms with van der Waals surface area (Å²) in [6.45, 7) is 3.22. The van der Waals surface area contributed by atoms with Crippen LogP contribution in [0, 0.1) is 11.8 Å². The van der Waals surface area contributed by atoms with E-state index in [0.29, 0.717) is 5.56 Å². The lowest BCUT2D eigenvalue weighted by Gasteiger charge is -2.05. The summed E-state index contributed by atoms with van der Waals surface area (Å²) >= 11 is 0. The second kappa shape index (κ2) is 17.4. The Bertz CT molecular complexity index is 659. The number of rotatable bonds is 16. The molecule has 0 unspecified atom stereocenters. The molecular weight excluding hydrogens is 376 g/mol. The van der Waals surface area contributed by atoms with Crippen LogP contribution in [-0.4, -0.2) is 30.1 Å². The van der Waals surface area contributed by atoms with E-state index in [1.165, 1.54) is 51.4 Å². The van der Waals surface area contributed by atoms with Crippen LogP contribution >= 0.6 is 0 Å². The third-order valence-corrected chi connectivity index (χ3v) is 4.92. The van der Waals surface area contributed by atoms with E-state index in [9.17, 15) is 9.59 Å². The normalized spacial score (nSPS) is 10.2. The second-order valence-corrected chi connectivity index (χ2v) is 7.68. The van der Waals surface area contributed by atoms with Crippen LogP contribution in [0.15, 0.2) is 24.3 Å². The Morgan fingerprint density at radius 1 is 0.767 bits per heavy atom. The Morgan fingerprint density at radius 3 is 1.87 bits per heavy atom. The lowest BCUT2D eigenvalue weighted by atomic mass is 10.1. The summed E-state index contributed by atoms with van der Waals surface area (Å²) in [5.41, 5.74) is 1.25. The zero-order valence-electron chi connectivity index (χ0n) is 18.5. The molecule has 0 bridgehead atoms. The highest BCUT2D eigenvalue weighted by molar-refractivity contribution is 5.87. The van der Waals surface area contributed by atoms with Gasteiger partial charge in [-0.15, -0.1) is 11.8 Å². The van der Waals surface area contributed by atoms with Crippen molar-refractivity contribution in [2.24, 2.45) is 0 Å². The van der Waals surface area contributed by atoms with Gasteiger partial charge in [0.2, 0.25) is 5.91 Å². The first-order valence-electron chi connectivity index (χ1n) is 11.4. The van der Waals surface area contributed by atoms with Crippen LogP contribution in [0.5, 0.6) is 0 Å². The predicted octanol–water partition coefficient (Wildman–Crippen LogP) is 5.62. The first kappa shape index (κ1) is 25.6. The number of benzene rings is 1. The minimum absolute atomic E-state index is 0.0683. The standard InChI is InChI=1S/C25H38N2O3/c1-22(28)26-20-14-12-10-8-6-4-2-3-5-7-9-11-13-15-21-27-24-18-16-23(17-19-24)25(29)30/h16-19,27H,2-8,10,12-15,20-21H2,1H3,(H,26,28)(H,29,30). The molecule has 1 aromatic rings. The molecule has 1 rings (SSSR count). The van der Waals surface area contributed by atoms with Gasteiger partial charge in [0, 0.05) is 38.5 Å². The maximum atomic E-state index is 10.8. The molecule has 0 spiro atoms. The molecule has 0 aromatic heterocycles. The Kier molecular flexibility index (Phi) is 14.8. The van der Waals surface area contributed by atoms with Crippen molar-refractivity contribution in [3.05, 3.63) is 29.8 Å². The summed E-state index contributed by atoms with van der Waals surface area (Å²) in [7, 11) is 0. The predicted molar refractivity (Wildman–Crippen MR) is 124 cm³/mol. The highest BCUT2D eigenvalue weighted by atomic mass is 16.4. The first-order chi connectivity index (χ1) is 14.6. The summed E-state index contributed by atoms with van der Waals surface area (Å²) in [4.78, 5) is 21.6. The smallest absolute Gasteiger partial charge is 0.335 e. The van der Waals surface area contributed by atoms with E-state index in [2.05, 4.69) is 22.5 Å². The first-order valence-corrected chi connectivity index (χ1v) is 11.4. The minimum Gasteiger partial charge on any atom is -0.478 e. The van der Waals surface area contributed by atoms with Crippen LogP contribution in [0.2, 0.25) is 0 Å². The molecule has 0 radical (unpaired) electrons. The number of hydrogen-bond donors (Lipinski definition) is 3. The molecule has 5 heteroatoms. The van der Waals surface area contributed by atoms with Crippen molar-refractivity contribution in [2.75, 3.05) is 18.4 Å². The molecule has 30 heavy (non-hydrogen) atoms. The van der Waals surface area contributed by atoms with Crippen molar-refractivity contribution in [2.45, 2.75) is 84.0 Å². The lowest BCUT2D eigenvalue weighted by Crippen LogP contribution is -2.20. The third kappa shape index (κ3) is 14.5. The Morgan fingerprint density at radius 2 is 1.30 bits per heavy atom. The zero-order valence-corrected chi connectivity index (χ0v) is 18.5. The third-order valence-electron chi connectivity index (χ3n) is 4.92. The molecule has 5 nitrogen and oxygen atoms in total. The number of carboxylic acid groups (broad SMARTS) is 1. The van der Waals surface area contributed by atoms with Crippen molar-refractivity contribution in [3.8, 4) is 11.8 Å². The molecule has 166 valence electrons. The molecule has 0 atom stereocenters. The van der Waals surface area contributed by atoms with E-state index < -0.39 is 5.97 Å². The van der Waals surface area contributed by atoms with E-state index in [1.54, 1.807) is 31.2 Å². The van der Waals surface area contributed by atoms with Crippen molar-refractivity contribution < 1.29 is 14.7 Å². The average Bonchev–Trinajstić information content (AvgIpc) is 2.73. The quantitative estimate of drug-likeness (QED) is 0.242. The van der Waals surface area contributed by atoms with E-state index in [0.717, 1.165) is 44.5 Å². The van der Waals surface area contributed by atoms with Crippen LogP contribution in [0.3, 0.4) is 0 Å². The van der Waals surface area contributed by atoms with Gasteiger partial charge in [0.05, 0.1) is 5.56 Å². The van der Waals surface area contributed by atoms with Gasteiger partial charge >= 0.3 is 5.97 Å². The highest BCUT2D eigenvalue weighted by Gasteiger charge is 2.00. The van der Waals surface area contributed by atoms with Gasteiger partial charge in [0.15, 0.2) is 0 Å². The van der Waals surface area contributed by atoms with Crippen LogP contribution in [-0.2, 0) is 4.79 Å². The second-order valence-electron chi connectivity index (χ2n) is 7.68. The van der Waals surface area contributed by atoms with E-state index >= 15 is 0 Å². The topological polar surface area (TPSA) is 78.4 Å². The van der Waals surface area contributed by atoms with Gasteiger partial charge in [-0.25, -0.2) is 4.79 Å². The summed E-state index contributed by atoms with van der Waals surface area (Å²) in [6.07, 6.45) is 14.1. The summed E-state index contributed by atoms with van der Waals surface area (Å²) < 4.78 is 0. The molecule has 1 amide bonds. The van der Waals surface area contributed by atoms with Gasteiger partial charge in [0.25, 0.3) is 0 Å². The largest absolute Gasteiger partial charge is 0.478 e. The number of carbonyl (C=O) groups is 2. The number of carbonyl (C=O) groups excluding carboxylic acids is 1. The van der Waals surface area contributed by atoms with Gasteiger partial charge in [-0.3, -0.25) is 4.79 Å². The molecule has 0 heterocycles. The van der Waals surface area contributed by atoms with Gasteiger partial charge in [-0.05, 0) is 43.5 Å². The number of amides is 1. The van der Waals surface area contributed by atoms with Crippen molar-refractivity contribution in [3.63, 3.8) is 0 Å². The van der Waals surface area contributed by atoms with E-state index in [4.69, 9.17) is 5.11 Å².